The Kier molecular flexibility index (Phi) is 5.42. The van der Waals surface area contributed by atoms with E-state index in [2.05, 4.69) is 44.1 Å². The van der Waals surface area contributed by atoms with Gasteiger partial charge >= 0.3 is 5.97 Å². The number of carbonyl (C=O) groups excluding carboxylic acids is 1. The van der Waals surface area contributed by atoms with Gasteiger partial charge in [0.15, 0.2) is 0 Å². The van der Waals surface area contributed by atoms with E-state index in [4.69, 9.17) is 10.00 Å². The van der Waals surface area contributed by atoms with Gasteiger partial charge in [0.25, 0.3) is 0 Å². The number of aliphatic imine (C=N–C) groups is 1. The maximum absolute atomic E-state index is 12.8. The molecule has 1 aromatic heterocycles. The Morgan fingerprint density at radius 3 is 2.61 bits per heavy atom. The lowest BCUT2D eigenvalue weighted by atomic mass is 9.81. The van der Waals surface area contributed by atoms with Crippen LogP contribution in [0.4, 0.5) is 5.00 Å². The monoisotopic (exact) mass is 395 g/mol. The Balaban J connectivity index is 2.08. The van der Waals surface area contributed by atoms with E-state index in [0.717, 1.165) is 22.4 Å². The highest BCUT2D eigenvalue weighted by Gasteiger charge is 2.41. The summed E-state index contributed by atoms with van der Waals surface area (Å²) in [5.74, 6) is -0.319. The zero-order valence-corrected chi connectivity index (χ0v) is 17.7. The lowest BCUT2D eigenvalue weighted by Crippen LogP contribution is -2.55. The first-order chi connectivity index (χ1) is 13.2. The lowest BCUT2D eigenvalue weighted by molar-refractivity contribution is 0.0525. The number of esters is 1. The van der Waals surface area contributed by atoms with Crippen LogP contribution in [0.3, 0.4) is 0 Å². The van der Waals surface area contributed by atoms with Crippen molar-refractivity contribution in [3.8, 4) is 6.07 Å². The van der Waals surface area contributed by atoms with Gasteiger partial charge in [-0.3, -0.25) is 0 Å². The zero-order valence-electron chi connectivity index (χ0n) is 16.9. The Bertz CT molecular complexity index is 963. The van der Waals surface area contributed by atoms with Crippen LogP contribution in [0, 0.1) is 11.3 Å². The third kappa shape index (κ3) is 4.01. The van der Waals surface area contributed by atoms with Crippen LogP contribution in [0.15, 0.2) is 29.3 Å². The second-order valence-electron chi connectivity index (χ2n) is 8.11. The summed E-state index contributed by atoms with van der Waals surface area (Å²) >= 11 is 1.54. The van der Waals surface area contributed by atoms with E-state index in [1.165, 1.54) is 11.3 Å². The average Bonchev–Trinajstić information content (AvgIpc) is 2.98. The number of carbonyl (C=O) groups is 1. The molecule has 146 valence electrons. The molecule has 1 aromatic carbocycles. The summed E-state index contributed by atoms with van der Waals surface area (Å²) in [6.07, 6.45) is 2.47. The van der Waals surface area contributed by atoms with Gasteiger partial charge < -0.3 is 10.1 Å². The number of ether oxygens (including phenoxy) is 1. The quantitative estimate of drug-likeness (QED) is 0.601. The smallest absolute Gasteiger partial charge is 0.341 e. The summed E-state index contributed by atoms with van der Waals surface area (Å²) in [6.45, 7) is 10.7. The molecule has 0 spiro atoms. The topological polar surface area (TPSA) is 74.5 Å². The van der Waals surface area contributed by atoms with E-state index in [9.17, 15) is 4.79 Å². The molecule has 0 saturated carbocycles. The summed E-state index contributed by atoms with van der Waals surface area (Å²) in [7, 11) is 0. The third-order valence-electron chi connectivity index (χ3n) is 4.68. The van der Waals surface area contributed by atoms with Gasteiger partial charge in [0.05, 0.1) is 23.8 Å². The van der Waals surface area contributed by atoms with Crippen LogP contribution in [0.2, 0.25) is 0 Å². The fourth-order valence-electron chi connectivity index (χ4n) is 3.80. The highest BCUT2D eigenvalue weighted by Crippen LogP contribution is 2.46. The van der Waals surface area contributed by atoms with E-state index >= 15 is 0 Å². The van der Waals surface area contributed by atoms with Crippen LogP contribution < -0.4 is 5.32 Å². The summed E-state index contributed by atoms with van der Waals surface area (Å²) in [4.78, 5) is 18.5. The van der Waals surface area contributed by atoms with Crippen LogP contribution in [0.1, 0.15) is 66.5 Å². The average molecular weight is 396 g/mol. The highest BCUT2D eigenvalue weighted by atomic mass is 32.1. The Morgan fingerprint density at radius 1 is 1.32 bits per heavy atom. The standard InChI is InChI=1S/C22H25N3O2S/c1-6-27-20(26)17-16-11-21(2,3)25-22(4,5)18(16)28-19(17)24-13-15-9-7-14(12-23)8-10-15/h7-10,13,25H,6,11H2,1-5H3. The Labute approximate surface area is 170 Å². The molecular formula is C22H25N3O2S. The number of thiophene rings is 1. The highest BCUT2D eigenvalue weighted by molar-refractivity contribution is 7.16. The van der Waals surface area contributed by atoms with E-state index in [0.29, 0.717) is 22.7 Å². The number of nitrogens with zero attached hydrogens (tertiary/aromatic N) is 2. The molecule has 5 nitrogen and oxygen atoms in total. The van der Waals surface area contributed by atoms with Gasteiger partial charge in [-0.25, -0.2) is 9.79 Å². The molecule has 0 saturated heterocycles. The van der Waals surface area contributed by atoms with Crippen LogP contribution in [-0.4, -0.2) is 24.3 Å². The van der Waals surface area contributed by atoms with Crippen LogP contribution in [0.25, 0.3) is 0 Å². The lowest BCUT2D eigenvalue weighted by Gasteiger charge is -2.42. The van der Waals surface area contributed by atoms with E-state index in [1.807, 2.05) is 19.1 Å². The fraction of sp³-hybridized carbons (Fsp3) is 0.409. The second-order valence-corrected chi connectivity index (χ2v) is 9.11. The number of hydrogen-bond acceptors (Lipinski definition) is 6. The van der Waals surface area contributed by atoms with Gasteiger partial charge in [-0.15, -0.1) is 11.3 Å². The molecule has 1 aliphatic rings. The van der Waals surface area contributed by atoms with Crippen LogP contribution >= 0.6 is 11.3 Å². The van der Waals surface area contributed by atoms with Gasteiger partial charge in [0, 0.05) is 22.2 Å². The molecule has 3 rings (SSSR count). The second kappa shape index (κ2) is 7.50. The largest absolute Gasteiger partial charge is 0.462 e. The molecule has 2 heterocycles. The number of nitrogens with one attached hydrogen (secondary N) is 1. The minimum absolute atomic E-state index is 0.132. The molecule has 0 unspecified atom stereocenters. The number of nitriles is 1. The molecule has 6 heteroatoms. The summed E-state index contributed by atoms with van der Waals surface area (Å²) in [5.41, 5.74) is 2.69. The number of benzene rings is 1. The Hall–Kier alpha value is -2.49. The van der Waals surface area contributed by atoms with Crippen LogP contribution in [0.5, 0.6) is 0 Å². The summed E-state index contributed by atoms with van der Waals surface area (Å²) in [6, 6.07) is 9.29. The molecular weight excluding hydrogens is 370 g/mol. The number of fused-ring (bicyclic) bond motifs is 1. The fourth-order valence-corrected chi connectivity index (χ4v) is 5.01. The molecule has 0 aliphatic carbocycles. The molecule has 0 amide bonds. The first-order valence-corrected chi connectivity index (χ1v) is 10.2. The van der Waals surface area contributed by atoms with Crippen molar-refractivity contribution in [1.29, 1.82) is 5.26 Å². The van der Waals surface area contributed by atoms with Crippen molar-refractivity contribution < 1.29 is 9.53 Å². The summed E-state index contributed by atoms with van der Waals surface area (Å²) in [5, 5.41) is 13.3. The molecule has 0 fully saturated rings. The van der Waals surface area contributed by atoms with Crippen molar-refractivity contribution >= 4 is 28.5 Å². The SMILES string of the molecule is CCOC(=O)c1c(N=Cc2ccc(C#N)cc2)sc2c1CC(C)(C)NC2(C)C. The third-order valence-corrected chi connectivity index (χ3v) is 6.14. The maximum atomic E-state index is 12.8. The van der Waals surface area contributed by atoms with Crippen molar-refractivity contribution in [2.24, 2.45) is 4.99 Å². The van der Waals surface area contributed by atoms with Crippen LogP contribution in [-0.2, 0) is 16.7 Å². The van der Waals surface area contributed by atoms with Gasteiger partial charge in [-0.2, -0.15) is 5.26 Å². The molecule has 1 aliphatic heterocycles. The van der Waals surface area contributed by atoms with Gasteiger partial charge in [-0.05, 0) is 64.3 Å². The van der Waals surface area contributed by atoms with E-state index in [-0.39, 0.29) is 17.0 Å². The minimum atomic E-state index is -0.319. The zero-order chi connectivity index (χ0) is 20.5. The molecule has 28 heavy (non-hydrogen) atoms. The van der Waals surface area contributed by atoms with E-state index < -0.39 is 0 Å². The number of rotatable bonds is 4. The van der Waals surface area contributed by atoms with Gasteiger partial charge in [0.1, 0.15) is 5.00 Å². The maximum Gasteiger partial charge on any atom is 0.341 e. The van der Waals surface area contributed by atoms with Crippen molar-refractivity contribution in [3.63, 3.8) is 0 Å². The van der Waals surface area contributed by atoms with Gasteiger partial charge in [0.2, 0.25) is 0 Å². The predicted molar refractivity (Wildman–Crippen MR) is 113 cm³/mol. The predicted octanol–water partition coefficient (Wildman–Crippen LogP) is 4.71. The van der Waals surface area contributed by atoms with Gasteiger partial charge in [-0.1, -0.05) is 12.1 Å². The molecule has 2 aromatic rings. The van der Waals surface area contributed by atoms with E-state index in [1.54, 1.807) is 18.3 Å². The molecule has 0 bridgehead atoms. The minimum Gasteiger partial charge on any atom is -0.462 e. The first kappa shape index (κ1) is 20.2. The molecule has 0 radical (unpaired) electrons. The number of hydrogen-bond donors (Lipinski definition) is 1. The summed E-state index contributed by atoms with van der Waals surface area (Å²) < 4.78 is 5.35. The van der Waals surface area contributed by atoms with Crippen molar-refractivity contribution in [2.75, 3.05) is 6.61 Å². The Morgan fingerprint density at radius 2 is 2.00 bits per heavy atom. The van der Waals surface area contributed by atoms with Crippen molar-refractivity contribution in [3.05, 3.63) is 51.4 Å². The van der Waals surface area contributed by atoms with Crippen molar-refractivity contribution in [1.82, 2.24) is 5.32 Å². The normalized spacial score (nSPS) is 17.1. The molecule has 0 atom stereocenters. The molecule has 1 N–H and O–H groups in total. The van der Waals surface area contributed by atoms with Crippen molar-refractivity contribution in [2.45, 2.75) is 52.1 Å². The first-order valence-electron chi connectivity index (χ1n) is 9.33.